The molecule has 0 bridgehead atoms. The van der Waals surface area contributed by atoms with Gasteiger partial charge in [-0.15, -0.1) is 0 Å². The first-order valence-electron chi connectivity index (χ1n) is 14.7. The molecular formula is C30H58O4. The Morgan fingerprint density at radius 1 is 0.559 bits per heavy atom. The molecule has 0 N–H and O–H groups in total. The average Bonchev–Trinajstić information content (AvgIpc) is 2.78. The molecule has 0 aliphatic rings. The standard InChI is InChI=1S/C30H58O4/c1-6-28(30(32)34-25-19-17-21-27(4)5)22-14-12-10-8-7-9-11-13-15-23-29(31)33-24-18-16-20-26(2)3/h26-28H,6-25H2,1-5H3. The van der Waals surface area contributed by atoms with Crippen molar-refractivity contribution in [1.82, 2.24) is 0 Å². The molecule has 0 amide bonds. The van der Waals surface area contributed by atoms with E-state index in [-0.39, 0.29) is 17.9 Å². The van der Waals surface area contributed by atoms with Crippen molar-refractivity contribution in [1.29, 1.82) is 0 Å². The van der Waals surface area contributed by atoms with E-state index in [9.17, 15) is 9.59 Å². The maximum absolute atomic E-state index is 12.3. The molecule has 0 saturated carbocycles. The second-order valence-electron chi connectivity index (χ2n) is 11.0. The molecule has 0 saturated heterocycles. The lowest BCUT2D eigenvalue weighted by Crippen LogP contribution is -2.17. The summed E-state index contributed by atoms with van der Waals surface area (Å²) in [5.41, 5.74) is 0. The van der Waals surface area contributed by atoms with Crippen molar-refractivity contribution in [2.75, 3.05) is 13.2 Å². The molecule has 0 aliphatic heterocycles. The summed E-state index contributed by atoms with van der Waals surface area (Å²) in [4.78, 5) is 24.0. The minimum Gasteiger partial charge on any atom is -0.466 e. The Morgan fingerprint density at radius 2 is 1.00 bits per heavy atom. The molecule has 1 unspecified atom stereocenters. The summed E-state index contributed by atoms with van der Waals surface area (Å²) < 4.78 is 10.8. The van der Waals surface area contributed by atoms with Crippen molar-refractivity contribution in [3.8, 4) is 0 Å². The molecule has 0 aromatic heterocycles. The molecule has 202 valence electrons. The smallest absolute Gasteiger partial charge is 0.308 e. The van der Waals surface area contributed by atoms with Crippen LogP contribution in [0.3, 0.4) is 0 Å². The monoisotopic (exact) mass is 482 g/mol. The second-order valence-corrected chi connectivity index (χ2v) is 11.0. The van der Waals surface area contributed by atoms with Gasteiger partial charge >= 0.3 is 11.9 Å². The number of rotatable bonds is 24. The summed E-state index contributed by atoms with van der Waals surface area (Å²) in [6.45, 7) is 12.2. The highest BCUT2D eigenvalue weighted by atomic mass is 16.5. The van der Waals surface area contributed by atoms with Crippen LogP contribution in [0.4, 0.5) is 0 Å². The van der Waals surface area contributed by atoms with Gasteiger partial charge in [-0.3, -0.25) is 9.59 Å². The molecule has 0 aromatic carbocycles. The van der Waals surface area contributed by atoms with Gasteiger partial charge in [-0.2, -0.15) is 0 Å². The predicted molar refractivity (Wildman–Crippen MR) is 144 cm³/mol. The molecule has 34 heavy (non-hydrogen) atoms. The summed E-state index contributed by atoms with van der Waals surface area (Å²) in [5.74, 6) is 1.53. The van der Waals surface area contributed by atoms with Gasteiger partial charge in [0.15, 0.2) is 0 Å². The number of hydrogen-bond acceptors (Lipinski definition) is 4. The third kappa shape index (κ3) is 22.7. The second kappa shape index (κ2) is 23.7. The van der Waals surface area contributed by atoms with Crippen molar-refractivity contribution in [3.05, 3.63) is 0 Å². The van der Waals surface area contributed by atoms with Crippen LogP contribution in [-0.2, 0) is 19.1 Å². The maximum Gasteiger partial charge on any atom is 0.308 e. The third-order valence-corrected chi connectivity index (χ3v) is 6.62. The highest BCUT2D eigenvalue weighted by Gasteiger charge is 2.17. The quantitative estimate of drug-likeness (QED) is 0.102. The zero-order valence-electron chi connectivity index (χ0n) is 23.5. The van der Waals surface area contributed by atoms with Crippen LogP contribution >= 0.6 is 0 Å². The zero-order valence-corrected chi connectivity index (χ0v) is 23.5. The lowest BCUT2D eigenvalue weighted by atomic mass is 9.97. The van der Waals surface area contributed by atoms with E-state index in [1.165, 1.54) is 51.4 Å². The molecular weight excluding hydrogens is 424 g/mol. The van der Waals surface area contributed by atoms with E-state index in [2.05, 4.69) is 34.6 Å². The molecule has 0 aromatic rings. The van der Waals surface area contributed by atoms with Crippen LogP contribution in [0.25, 0.3) is 0 Å². The summed E-state index contributed by atoms with van der Waals surface area (Å²) >= 11 is 0. The van der Waals surface area contributed by atoms with Crippen LogP contribution in [0.5, 0.6) is 0 Å². The number of carbonyl (C=O) groups is 2. The fourth-order valence-corrected chi connectivity index (χ4v) is 4.24. The molecule has 0 spiro atoms. The van der Waals surface area contributed by atoms with Crippen LogP contribution < -0.4 is 0 Å². The molecule has 4 heteroatoms. The Balaban J connectivity index is 3.48. The molecule has 0 rings (SSSR count). The van der Waals surface area contributed by atoms with Gasteiger partial charge in [-0.05, 0) is 56.8 Å². The number of hydrogen-bond donors (Lipinski definition) is 0. The van der Waals surface area contributed by atoms with E-state index >= 15 is 0 Å². The minimum atomic E-state index is -0.0232. The van der Waals surface area contributed by atoms with Gasteiger partial charge in [0.05, 0.1) is 19.1 Å². The first-order valence-corrected chi connectivity index (χ1v) is 14.7. The topological polar surface area (TPSA) is 52.6 Å². The Hall–Kier alpha value is -1.06. The van der Waals surface area contributed by atoms with Gasteiger partial charge in [0.1, 0.15) is 0 Å². The number of ether oxygens (including phenoxy) is 2. The summed E-state index contributed by atoms with van der Waals surface area (Å²) in [7, 11) is 0. The zero-order chi connectivity index (χ0) is 25.4. The van der Waals surface area contributed by atoms with E-state index in [0.717, 1.165) is 69.6 Å². The van der Waals surface area contributed by atoms with E-state index in [1.807, 2.05) is 0 Å². The number of unbranched alkanes of at least 4 members (excludes halogenated alkanes) is 10. The van der Waals surface area contributed by atoms with Crippen LogP contribution in [-0.4, -0.2) is 25.2 Å². The Morgan fingerprint density at radius 3 is 1.50 bits per heavy atom. The molecule has 0 heterocycles. The number of carbonyl (C=O) groups excluding carboxylic acids is 2. The summed E-state index contributed by atoms with van der Waals surface area (Å²) in [6.07, 6.45) is 19.8. The van der Waals surface area contributed by atoms with Gasteiger partial charge in [0, 0.05) is 6.42 Å². The molecule has 0 radical (unpaired) electrons. The third-order valence-electron chi connectivity index (χ3n) is 6.62. The van der Waals surface area contributed by atoms with E-state index in [4.69, 9.17) is 9.47 Å². The molecule has 0 aliphatic carbocycles. The SMILES string of the molecule is CCC(CCCCCCCCCCCC(=O)OCCCCC(C)C)C(=O)OCCCCC(C)C. The van der Waals surface area contributed by atoms with Crippen LogP contribution in [0.2, 0.25) is 0 Å². The number of esters is 2. The van der Waals surface area contributed by atoms with Crippen molar-refractivity contribution < 1.29 is 19.1 Å². The predicted octanol–water partition coefficient (Wildman–Crippen LogP) is 9.04. The molecule has 1 atom stereocenters. The lowest BCUT2D eigenvalue weighted by Gasteiger charge is -2.14. The largest absolute Gasteiger partial charge is 0.466 e. The first kappa shape index (κ1) is 32.9. The highest BCUT2D eigenvalue weighted by Crippen LogP contribution is 2.18. The maximum atomic E-state index is 12.3. The summed E-state index contributed by atoms with van der Waals surface area (Å²) in [6, 6.07) is 0. The Bertz CT molecular complexity index is 472. The van der Waals surface area contributed by atoms with E-state index in [0.29, 0.717) is 19.6 Å². The van der Waals surface area contributed by atoms with Crippen molar-refractivity contribution in [2.45, 2.75) is 150 Å². The Labute approximate surface area is 212 Å². The van der Waals surface area contributed by atoms with Crippen LogP contribution in [0.1, 0.15) is 150 Å². The fraction of sp³-hybridized carbons (Fsp3) is 0.933. The Kier molecular flexibility index (Phi) is 22.9. The van der Waals surface area contributed by atoms with Gasteiger partial charge in [-0.25, -0.2) is 0 Å². The minimum absolute atomic E-state index is 0.0158. The van der Waals surface area contributed by atoms with E-state index < -0.39 is 0 Å². The molecule has 4 nitrogen and oxygen atoms in total. The van der Waals surface area contributed by atoms with Gasteiger partial charge in [0.25, 0.3) is 0 Å². The van der Waals surface area contributed by atoms with Gasteiger partial charge < -0.3 is 9.47 Å². The average molecular weight is 483 g/mol. The van der Waals surface area contributed by atoms with Gasteiger partial charge in [0.2, 0.25) is 0 Å². The summed E-state index contributed by atoms with van der Waals surface area (Å²) in [5, 5.41) is 0. The van der Waals surface area contributed by atoms with E-state index in [1.54, 1.807) is 0 Å². The highest BCUT2D eigenvalue weighted by molar-refractivity contribution is 5.72. The molecule has 0 fully saturated rings. The van der Waals surface area contributed by atoms with Crippen molar-refractivity contribution in [2.24, 2.45) is 17.8 Å². The normalized spacial score (nSPS) is 12.3. The van der Waals surface area contributed by atoms with Crippen molar-refractivity contribution >= 4 is 11.9 Å². The fourth-order valence-electron chi connectivity index (χ4n) is 4.24. The lowest BCUT2D eigenvalue weighted by molar-refractivity contribution is -0.149. The van der Waals surface area contributed by atoms with Crippen molar-refractivity contribution in [3.63, 3.8) is 0 Å². The first-order chi connectivity index (χ1) is 16.4. The van der Waals surface area contributed by atoms with Crippen LogP contribution in [0.15, 0.2) is 0 Å². The van der Waals surface area contributed by atoms with Gasteiger partial charge in [-0.1, -0.05) is 98.8 Å². The van der Waals surface area contributed by atoms with Crippen LogP contribution in [0, 0.1) is 17.8 Å².